The highest BCUT2D eigenvalue weighted by Crippen LogP contribution is 2.29. The number of aromatic nitrogens is 1. The second kappa shape index (κ2) is 10.5. The number of para-hydroxylation sites is 2. The second-order valence-corrected chi connectivity index (χ2v) is 8.68. The van der Waals surface area contributed by atoms with Gasteiger partial charge in [-0.25, -0.2) is 4.98 Å². The van der Waals surface area contributed by atoms with Gasteiger partial charge in [0.15, 0.2) is 0 Å². The molecule has 0 atom stereocenters. The van der Waals surface area contributed by atoms with Crippen molar-refractivity contribution in [3.63, 3.8) is 0 Å². The van der Waals surface area contributed by atoms with Gasteiger partial charge < -0.3 is 20.3 Å². The van der Waals surface area contributed by atoms with Crippen LogP contribution in [-0.2, 0) is 0 Å². The van der Waals surface area contributed by atoms with E-state index in [2.05, 4.69) is 78.2 Å². The number of nitrogens with zero attached hydrogens (tertiary/aromatic N) is 2. The molecular formula is C27H34N4O. The van der Waals surface area contributed by atoms with Crippen LogP contribution >= 0.6 is 0 Å². The van der Waals surface area contributed by atoms with Crippen molar-refractivity contribution in [1.29, 1.82) is 0 Å². The van der Waals surface area contributed by atoms with E-state index < -0.39 is 0 Å². The smallest absolute Gasteiger partial charge is 0.128 e. The van der Waals surface area contributed by atoms with Gasteiger partial charge in [-0.2, -0.15) is 0 Å². The summed E-state index contributed by atoms with van der Waals surface area (Å²) < 4.78 is 5.41. The molecule has 1 fully saturated rings. The van der Waals surface area contributed by atoms with Gasteiger partial charge in [0.05, 0.1) is 12.6 Å². The minimum Gasteiger partial charge on any atom is -0.496 e. The zero-order valence-corrected chi connectivity index (χ0v) is 19.3. The Morgan fingerprint density at radius 3 is 2.50 bits per heavy atom. The summed E-state index contributed by atoms with van der Waals surface area (Å²) in [5.74, 6) is 1.89. The lowest BCUT2D eigenvalue weighted by atomic mass is 9.91. The van der Waals surface area contributed by atoms with E-state index in [9.17, 15) is 0 Å². The number of rotatable bonds is 8. The fourth-order valence-electron chi connectivity index (χ4n) is 4.48. The van der Waals surface area contributed by atoms with Crippen molar-refractivity contribution in [1.82, 2.24) is 10.3 Å². The molecule has 3 aromatic rings. The van der Waals surface area contributed by atoms with E-state index in [-0.39, 0.29) is 0 Å². The minimum absolute atomic E-state index is 0.473. The molecular weight excluding hydrogens is 396 g/mol. The Bertz CT molecular complexity index is 1050. The number of benzene rings is 2. The van der Waals surface area contributed by atoms with E-state index in [1.165, 1.54) is 23.9 Å². The molecule has 0 unspecified atom stereocenters. The lowest BCUT2D eigenvalue weighted by Gasteiger charge is -2.30. The standard InChI is InChI=1S/C27H34N4O/c1-31(2)25-19-27(30-24-12-6-5-11-23(24)25)29-22-16-14-21(15-17-22)28-18-8-10-20-9-4-7-13-26(20)32-3/h4-13,19,21-22,28H,14-18H2,1-3H3,(H,29,30)/b10-8+. The number of anilines is 2. The van der Waals surface area contributed by atoms with Gasteiger partial charge in [0.1, 0.15) is 11.6 Å². The van der Waals surface area contributed by atoms with Crippen molar-refractivity contribution in [2.24, 2.45) is 0 Å². The van der Waals surface area contributed by atoms with Crippen LogP contribution < -0.4 is 20.3 Å². The molecule has 1 aromatic heterocycles. The Kier molecular flexibility index (Phi) is 7.28. The van der Waals surface area contributed by atoms with Crippen LogP contribution in [0.2, 0.25) is 0 Å². The molecule has 4 rings (SSSR count). The van der Waals surface area contributed by atoms with Gasteiger partial charge in [-0.1, -0.05) is 48.6 Å². The van der Waals surface area contributed by atoms with Crippen LogP contribution in [0, 0.1) is 0 Å². The zero-order chi connectivity index (χ0) is 22.3. The molecule has 2 aromatic carbocycles. The molecule has 32 heavy (non-hydrogen) atoms. The largest absolute Gasteiger partial charge is 0.496 e. The molecule has 1 aliphatic rings. The van der Waals surface area contributed by atoms with E-state index in [1.54, 1.807) is 7.11 Å². The number of nitrogens with one attached hydrogen (secondary N) is 2. The van der Waals surface area contributed by atoms with Gasteiger partial charge in [0.25, 0.3) is 0 Å². The summed E-state index contributed by atoms with van der Waals surface area (Å²) in [5.41, 5.74) is 3.36. The summed E-state index contributed by atoms with van der Waals surface area (Å²) in [6.45, 7) is 0.874. The molecule has 0 amide bonds. The van der Waals surface area contributed by atoms with Gasteiger partial charge in [-0.15, -0.1) is 0 Å². The molecule has 0 radical (unpaired) electrons. The van der Waals surface area contributed by atoms with Crippen LogP contribution in [0.3, 0.4) is 0 Å². The second-order valence-electron chi connectivity index (χ2n) is 8.68. The number of methoxy groups -OCH3 is 1. The van der Waals surface area contributed by atoms with Crippen molar-refractivity contribution >= 4 is 28.5 Å². The van der Waals surface area contributed by atoms with Gasteiger partial charge in [0.2, 0.25) is 0 Å². The van der Waals surface area contributed by atoms with Gasteiger partial charge >= 0.3 is 0 Å². The lowest BCUT2D eigenvalue weighted by Crippen LogP contribution is -2.37. The average Bonchev–Trinajstić information content (AvgIpc) is 2.82. The highest BCUT2D eigenvalue weighted by molar-refractivity contribution is 5.93. The normalized spacial score (nSPS) is 18.7. The van der Waals surface area contributed by atoms with E-state index in [4.69, 9.17) is 9.72 Å². The number of ether oxygens (including phenoxy) is 1. The number of pyridine rings is 1. The molecule has 0 spiro atoms. The topological polar surface area (TPSA) is 49.4 Å². The summed E-state index contributed by atoms with van der Waals surface area (Å²) in [6, 6.07) is 19.7. The molecule has 5 heteroatoms. The van der Waals surface area contributed by atoms with Gasteiger partial charge in [-0.3, -0.25) is 0 Å². The Hall–Kier alpha value is -3.05. The Morgan fingerprint density at radius 1 is 1.00 bits per heavy atom. The first-order chi connectivity index (χ1) is 15.6. The fraction of sp³-hybridized carbons (Fsp3) is 0.370. The third-order valence-corrected chi connectivity index (χ3v) is 6.22. The highest BCUT2D eigenvalue weighted by atomic mass is 16.5. The van der Waals surface area contributed by atoms with Crippen molar-refractivity contribution in [2.75, 3.05) is 38.0 Å². The number of fused-ring (bicyclic) bond motifs is 1. The molecule has 0 aliphatic heterocycles. The molecule has 1 heterocycles. The monoisotopic (exact) mass is 430 g/mol. The maximum Gasteiger partial charge on any atom is 0.128 e. The van der Waals surface area contributed by atoms with Crippen molar-refractivity contribution in [2.45, 2.75) is 37.8 Å². The van der Waals surface area contributed by atoms with Crippen LogP contribution in [0.5, 0.6) is 5.75 Å². The first kappa shape index (κ1) is 22.2. The van der Waals surface area contributed by atoms with Gasteiger partial charge in [-0.05, 0) is 37.8 Å². The lowest BCUT2D eigenvalue weighted by molar-refractivity contribution is 0.363. The quantitative estimate of drug-likeness (QED) is 0.505. The van der Waals surface area contributed by atoms with E-state index >= 15 is 0 Å². The molecule has 2 N–H and O–H groups in total. The summed E-state index contributed by atoms with van der Waals surface area (Å²) in [6.07, 6.45) is 8.97. The van der Waals surface area contributed by atoms with Crippen molar-refractivity contribution in [3.05, 3.63) is 66.2 Å². The van der Waals surface area contributed by atoms with Crippen LogP contribution in [0.25, 0.3) is 17.0 Å². The average molecular weight is 431 g/mol. The van der Waals surface area contributed by atoms with Crippen LogP contribution in [0.1, 0.15) is 31.2 Å². The van der Waals surface area contributed by atoms with Crippen molar-refractivity contribution in [3.8, 4) is 5.75 Å². The van der Waals surface area contributed by atoms with E-state index in [1.807, 2.05) is 18.2 Å². The minimum atomic E-state index is 0.473. The zero-order valence-electron chi connectivity index (χ0n) is 19.3. The maximum atomic E-state index is 5.41. The van der Waals surface area contributed by atoms with E-state index in [0.717, 1.165) is 42.0 Å². The summed E-state index contributed by atoms with van der Waals surface area (Å²) in [4.78, 5) is 7.02. The fourth-order valence-corrected chi connectivity index (χ4v) is 4.48. The summed E-state index contributed by atoms with van der Waals surface area (Å²) in [5, 5.41) is 8.57. The Balaban J connectivity index is 1.28. The molecule has 1 saturated carbocycles. The molecule has 1 aliphatic carbocycles. The SMILES string of the molecule is COc1ccccc1/C=C/CNC1CCC(Nc2cc(N(C)C)c3ccccc3n2)CC1. The predicted molar refractivity (Wildman–Crippen MR) is 136 cm³/mol. The molecule has 5 nitrogen and oxygen atoms in total. The third-order valence-electron chi connectivity index (χ3n) is 6.22. The molecule has 168 valence electrons. The first-order valence-corrected chi connectivity index (χ1v) is 11.5. The van der Waals surface area contributed by atoms with Crippen LogP contribution in [0.15, 0.2) is 60.7 Å². The van der Waals surface area contributed by atoms with Gasteiger partial charge in [0, 0.05) is 55.4 Å². The Labute approximate surface area is 191 Å². The van der Waals surface area contributed by atoms with Crippen molar-refractivity contribution < 1.29 is 4.74 Å². The third kappa shape index (κ3) is 5.40. The Morgan fingerprint density at radius 2 is 1.72 bits per heavy atom. The number of hydrogen-bond donors (Lipinski definition) is 2. The highest BCUT2D eigenvalue weighted by Gasteiger charge is 2.21. The summed E-state index contributed by atoms with van der Waals surface area (Å²) >= 11 is 0. The number of hydrogen-bond acceptors (Lipinski definition) is 5. The van der Waals surface area contributed by atoms with E-state index in [0.29, 0.717) is 12.1 Å². The molecule has 0 bridgehead atoms. The molecule has 0 saturated heterocycles. The van der Waals surface area contributed by atoms with Crippen LogP contribution in [0.4, 0.5) is 11.5 Å². The predicted octanol–water partition coefficient (Wildman–Crippen LogP) is 5.34. The first-order valence-electron chi connectivity index (χ1n) is 11.5. The summed E-state index contributed by atoms with van der Waals surface area (Å²) in [7, 11) is 5.89. The van der Waals surface area contributed by atoms with Crippen LogP contribution in [-0.4, -0.2) is 44.8 Å². The maximum absolute atomic E-state index is 5.41.